The number of carboxylic acids is 1. The first kappa shape index (κ1) is 23.4. The number of hydrogen-bond acceptors (Lipinski definition) is 6. The zero-order valence-electron chi connectivity index (χ0n) is 19.4. The van der Waals surface area contributed by atoms with Gasteiger partial charge in [0.25, 0.3) is 0 Å². The van der Waals surface area contributed by atoms with Crippen molar-refractivity contribution in [2.24, 2.45) is 0 Å². The van der Waals surface area contributed by atoms with Gasteiger partial charge in [0, 0.05) is 4.75 Å². The van der Waals surface area contributed by atoms with Gasteiger partial charge < -0.3 is 20.1 Å². The number of esters is 1. The lowest BCUT2D eigenvalue weighted by Gasteiger charge is -2.43. The molecule has 0 radical (unpaired) electrons. The van der Waals surface area contributed by atoms with Gasteiger partial charge in [-0.2, -0.15) is 0 Å². The Morgan fingerprint density at radius 2 is 1.83 bits per heavy atom. The van der Waals surface area contributed by atoms with Gasteiger partial charge in [-0.3, -0.25) is 14.4 Å². The number of nitrogens with zero attached hydrogens (tertiary/aromatic N) is 1. The predicted molar refractivity (Wildman–Crippen MR) is 129 cm³/mol. The van der Waals surface area contributed by atoms with Crippen LogP contribution in [0.1, 0.15) is 42.9 Å². The van der Waals surface area contributed by atoms with E-state index >= 15 is 0 Å². The minimum Gasteiger partial charge on any atom is -0.480 e. The zero-order chi connectivity index (χ0) is 24.9. The highest BCUT2D eigenvalue weighted by Gasteiger charge is 2.64. The predicted octanol–water partition coefficient (Wildman–Crippen LogP) is 2.50. The van der Waals surface area contributed by atoms with Crippen molar-refractivity contribution in [3.63, 3.8) is 0 Å². The molecule has 182 valence electrons. The fourth-order valence-electron chi connectivity index (χ4n) is 5.21. The van der Waals surface area contributed by atoms with Crippen LogP contribution in [-0.2, 0) is 32.0 Å². The van der Waals surface area contributed by atoms with E-state index in [1.54, 1.807) is 50.2 Å². The lowest BCUT2D eigenvalue weighted by molar-refractivity contribution is -0.161. The smallest absolute Gasteiger partial charge is 0.328 e. The normalized spacial score (nSPS) is 24.7. The van der Waals surface area contributed by atoms with E-state index in [-0.39, 0.29) is 0 Å². The number of carbonyl (C=O) groups is 4. The number of carbonyl (C=O) groups excluding carboxylic acids is 3. The molecule has 3 aliphatic rings. The lowest BCUT2D eigenvalue weighted by Crippen LogP contribution is -2.71. The molecule has 8 nitrogen and oxygen atoms in total. The molecule has 2 aliphatic heterocycles. The molecule has 2 fully saturated rings. The Morgan fingerprint density at radius 1 is 1.11 bits per heavy atom. The second kappa shape index (κ2) is 8.71. The Balaban J connectivity index is 1.35. The molecule has 2 N–H and O–H groups in total. The summed E-state index contributed by atoms with van der Waals surface area (Å²) in [6, 6.07) is 12.2. The van der Waals surface area contributed by atoms with Crippen LogP contribution >= 0.6 is 11.8 Å². The van der Waals surface area contributed by atoms with Gasteiger partial charge in [-0.1, -0.05) is 36.4 Å². The first-order chi connectivity index (χ1) is 16.7. The van der Waals surface area contributed by atoms with Crippen LogP contribution in [0, 0.1) is 0 Å². The number of rotatable bonds is 6. The maximum atomic E-state index is 13.4. The van der Waals surface area contributed by atoms with E-state index in [0.29, 0.717) is 11.3 Å². The van der Waals surface area contributed by atoms with Crippen molar-refractivity contribution in [1.82, 2.24) is 10.2 Å². The van der Waals surface area contributed by atoms with Gasteiger partial charge in [0.2, 0.25) is 11.8 Å². The lowest BCUT2D eigenvalue weighted by atomic mass is 9.94. The number of hydrogen-bond donors (Lipinski definition) is 2. The van der Waals surface area contributed by atoms with Crippen LogP contribution in [0.4, 0.5) is 0 Å². The number of thioether (sulfide) groups is 1. The van der Waals surface area contributed by atoms with E-state index in [4.69, 9.17) is 4.74 Å². The van der Waals surface area contributed by atoms with E-state index in [0.717, 1.165) is 24.8 Å². The third-order valence-corrected chi connectivity index (χ3v) is 8.46. The molecule has 9 heteroatoms. The third-order valence-electron chi connectivity index (χ3n) is 6.89. The Morgan fingerprint density at radius 3 is 2.54 bits per heavy atom. The molecule has 0 spiro atoms. The van der Waals surface area contributed by atoms with Crippen LogP contribution in [0.3, 0.4) is 0 Å². The van der Waals surface area contributed by atoms with Crippen molar-refractivity contribution in [2.45, 2.75) is 61.2 Å². The van der Waals surface area contributed by atoms with Crippen LogP contribution in [0.2, 0.25) is 0 Å². The quantitative estimate of drug-likeness (QED) is 0.275. The van der Waals surface area contributed by atoms with Crippen molar-refractivity contribution >= 4 is 35.5 Å². The van der Waals surface area contributed by atoms with E-state index in [2.05, 4.69) is 5.32 Å². The van der Waals surface area contributed by atoms with Crippen molar-refractivity contribution in [3.8, 4) is 5.75 Å². The fraction of sp³-hybridized carbons (Fsp3) is 0.385. The second-order valence-corrected chi connectivity index (χ2v) is 11.4. The number of fused-ring (bicyclic) bond motifs is 2. The minimum absolute atomic E-state index is 0.382. The second-order valence-electron chi connectivity index (χ2n) is 9.63. The van der Waals surface area contributed by atoms with E-state index < -0.39 is 51.9 Å². The molecule has 2 aromatic rings. The summed E-state index contributed by atoms with van der Waals surface area (Å²) in [5, 5.41) is 11.8. The number of aryl methyl sites for hydroxylation is 2. The number of β-lactam (4-membered cyclic amide) rings is 1. The molecule has 0 saturated carbocycles. The van der Waals surface area contributed by atoms with Crippen molar-refractivity contribution in [2.75, 3.05) is 0 Å². The maximum absolute atomic E-state index is 13.4. The van der Waals surface area contributed by atoms with Crippen LogP contribution < -0.4 is 10.1 Å². The van der Waals surface area contributed by atoms with Crippen molar-refractivity contribution < 1.29 is 29.0 Å². The fourth-order valence-corrected chi connectivity index (χ4v) is 6.83. The topological polar surface area (TPSA) is 113 Å². The standard InChI is InChI=1S/C26H26N2O6S/c1-26(2)20(24(31)32)28-22(30)19(23(28)35-26)27-21(29)18(15-7-4-3-5-8-15)25(33)34-17-12-11-14-9-6-10-16(14)13-17/h3-5,7-8,11-13,18-20,23H,6,9-10H2,1-2H3,(H,27,29)(H,31,32)/t18?,19-,20?,23-/m1/s1. The van der Waals surface area contributed by atoms with Gasteiger partial charge in [0.05, 0.1) is 0 Å². The molecular formula is C26H26N2O6S. The van der Waals surface area contributed by atoms with Crippen LogP contribution in [0.25, 0.3) is 0 Å². The first-order valence-electron chi connectivity index (χ1n) is 11.6. The number of ether oxygens (including phenoxy) is 1. The summed E-state index contributed by atoms with van der Waals surface area (Å²) >= 11 is 1.33. The molecule has 1 aliphatic carbocycles. The van der Waals surface area contributed by atoms with Gasteiger partial charge in [-0.25, -0.2) is 4.79 Å². The van der Waals surface area contributed by atoms with E-state index in [9.17, 15) is 24.3 Å². The SMILES string of the molecule is CC1(C)S[C@@H]2[C@H](NC(=O)C(C(=O)Oc3ccc4c(c3)CCC4)c3ccccc3)C(=O)N2C1C(=O)O. The van der Waals surface area contributed by atoms with Gasteiger partial charge in [0.15, 0.2) is 5.92 Å². The molecular weight excluding hydrogens is 468 g/mol. The van der Waals surface area contributed by atoms with Gasteiger partial charge in [0.1, 0.15) is 23.2 Å². The molecule has 2 aromatic carbocycles. The third kappa shape index (κ3) is 4.07. The Labute approximate surface area is 207 Å². The highest BCUT2D eigenvalue weighted by Crippen LogP contribution is 2.50. The number of aliphatic carboxylic acids is 1. The summed E-state index contributed by atoms with van der Waals surface area (Å²) in [6.07, 6.45) is 2.99. The Bertz CT molecular complexity index is 1210. The van der Waals surface area contributed by atoms with Crippen molar-refractivity contribution in [3.05, 3.63) is 65.2 Å². The Hall–Kier alpha value is -3.33. The highest BCUT2D eigenvalue weighted by atomic mass is 32.2. The summed E-state index contributed by atoms with van der Waals surface area (Å²) in [4.78, 5) is 52.5. The molecule has 35 heavy (non-hydrogen) atoms. The zero-order valence-corrected chi connectivity index (χ0v) is 20.2. The van der Waals surface area contributed by atoms with Crippen molar-refractivity contribution in [1.29, 1.82) is 0 Å². The van der Waals surface area contributed by atoms with Gasteiger partial charge in [-0.15, -0.1) is 11.8 Å². The average Bonchev–Trinajstić information content (AvgIpc) is 3.38. The van der Waals surface area contributed by atoms with Crippen LogP contribution in [0.15, 0.2) is 48.5 Å². The number of benzene rings is 2. The average molecular weight is 495 g/mol. The molecule has 0 aromatic heterocycles. The molecule has 2 heterocycles. The monoisotopic (exact) mass is 494 g/mol. The summed E-state index contributed by atoms with van der Waals surface area (Å²) < 4.78 is 4.92. The largest absolute Gasteiger partial charge is 0.480 e. The van der Waals surface area contributed by atoms with E-state index in [1.807, 2.05) is 12.1 Å². The molecule has 0 bridgehead atoms. The minimum atomic E-state index is -1.28. The molecule has 2 unspecified atom stereocenters. The molecule has 2 saturated heterocycles. The Kier molecular flexibility index (Phi) is 5.83. The highest BCUT2D eigenvalue weighted by molar-refractivity contribution is 8.01. The molecule has 2 amide bonds. The van der Waals surface area contributed by atoms with Crippen LogP contribution in [-0.4, -0.2) is 56.0 Å². The van der Waals surface area contributed by atoms with E-state index in [1.165, 1.54) is 22.2 Å². The van der Waals surface area contributed by atoms with Gasteiger partial charge in [-0.05, 0) is 61.9 Å². The number of nitrogens with one attached hydrogen (secondary N) is 1. The first-order valence-corrected chi connectivity index (χ1v) is 12.5. The molecule has 4 atom stereocenters. The summed E-state index contributed by atoms with van der Waals surface area (Å²) in [7, 11) is 0. The number of carboxylic acid groups (broad SMARTS) is 1. The maximum Gasteiger partial charge on any atom is 0.328 e. The summed E-state index contributed by atoms with van der Waals surface area (Å²) in [5.74, 6) is -3.83. The van der Waals surface area contributed by atoms with Gasteiger partial charge >= 0.3 is 11.9 Å². The number of amides is 2. The van der Waals surface area contributed by atoms with Crippen LogP contribution in [0.5, 0.6) is 5.75 Å². The molecule has 5 rings (SSSR count). The summed E-state index contributed by atoms with van der Waals surface area (Å²) in [5.41, 5.74) is 2.83. The summed E-state index contributed by atoms with van der Waals surface area (Å²) in [6.45, 7) is 3.53.